The van der Waals surface area contributed by atoms with E-state index >= 15 is 0 Å². The quantitative estimate of drug-likeness (QED) is 0.384. The Morgan fingerprint density at radius 1 is 1.12 bits per heavy atom. The van der Waals surface area contributed by atoms with E-state index in [9.17, 15) is 9.90 Å². The number of imidazole rings is 1. The van der Waals surface area contributed by atoms with Gasteiger partial charge in [0.15, 0.2) is 17.1 Å². The van der Waals surface area contributed by atoms with Crippen LogP contribution in [0.15, 0.2) is 64.8 Å². The SMILES string of the molecule is COc1ccc(NC(=O)c2cc3ccccc3c(N=Nc3nc(C#N)c(C#N)[nH]3)c2O)cc1. The summed E-state index contributed by atoms with van der Waals surface area (Å²) in [5.74, 6) is -0.367. The van der Waals surface area contributed by atoms with Crippen LogP contribution in [0.25, 0.3) is 10.8 Å². The molecule has 10 heteroatoms. The number of nitrogens with zero attached hydrogens (tertiary/aromatic N) is 5. The summed E-state index contributed by atoms with van der Waals surface area (Å²) in [4.78, 5) is 19.4. The van der Waals surface area contributed by atoms with Gasteiger partial charge in [0.2, 0.25) is 5.95 Å². The molecule has 0 saturated carbocycles. The molecule has 0 saturated heterocycles. The third-order valence-corrected chi connectivity index (χ3v) is 4.74. The Morgan fingerprint density at radius 3 is 2.55 bits per heavy atom. The number of carbonyl (C=O) groups is 1. The predicted molar refractivity (Wildman–Crippen MR) is 119 cm³/mol. The Bertz CT molecular complexity index is 1440. The topological polar surface area (TPSA) is 160 Å². The molecule has 4 aromatic rings. The van der Waals surface area contributed by atoms with Gasteiger partial charge in [-0.2, -0.15) is 15.5 Å². The highest BCUT2D eigenvalue weighted by Crippen LogP contribution is 2.39. The first-order valence-corrected chi connectivity index (χ1v) is 9.56. The molecular weight excluding hydrogens is 422 g/mol. The normalized spacial score (nSPS) is 10.6. The fraction of sp³-hybridized carbons (Fsp3) is 0.0435. The number of fused-ring (bicyclic) bond motifs is 1. The van der Waals surface area contributed by atoms with Crippen LogP contribution in [-0.2, 0) is 0 Å². The molecule has 4 rings (SSSR count). The number of anilines is 1. The maximum absolute atomic E-state index is 12.9. The molecule has 0 bridgehead atoms. The van der Waals surface area contributed by atoms with Crippen LogP contribution in [0.5, 0.6) is 11.5 Å². The number of aromatic nitrogens is 2. The molecule has 0 spiro atoms. The van der Waals surface area contributed by atoms with Crippen molar-refractivity contribution < 1.29 is 14.6 Å². The van der Waals surface area contributed by atoms with E-state index in [2.05, 4.69) is 25.5 Å². The van der Waals surface area contributed by atoms with Crippen LogP contribution in [0.1, 0.15) is 21.7 Å². The molecule has 0 radical (unpaired) electrons. The number of phenolic OH excluding ortho intramolecular Hbond substituents is 1. The van der Waals surface area contributed by atoms with Gasteiger partial charge in [-0.25, -0.2) is 0 Å². The summed E-state index contributed by atoms with van der Waals surface area (Å²) in [7, 11) is 1.54. The van der Waals surface area contributed by atoms with Gasteiger partial charge >= 0.3 is 0 Å². The summed E-state index contributed by atoms with van der Waals surface area (Å²) in [6, 6.07) is 18.9. The standard InChI is InChI=1S/C23H15N7O3/c1-33-15-8-6-14(7-9-15)26-22(32)17-10-13-4-2-3-5-16(13)20(21(17)31)29-30-23-27-18(11-24)19(12-25)28-23/h2-10,31H,1H3,(H,26,32)(H,27,28). The average Bonchev–Trinajstić information content (AvgIpc) is 3.26. The van der Waals surface area contributed by atoms with Crippen molar-refractivity contribution in [2.24, 2.45) is 10.2 Å². The molecule has 3 aromatic carbocycles. The molecule has 1 heterocycles. The number of nitriles is 2. The summed E-state index contributed by atoms with van der Waals surface area (Å²) in [5.41, 5.74) is 0.385. The lowest BCUT2D eigenvalue weighted by Crippen LogP contribution is -2.12. The molecule has 1 amide bonds. The highest BCUT2D eigenvalue weighted by Gasteiger charge is 2.19. The van der Waals surface area contributed by atoms with Crippen LogP contribution in [0.4, 0.5) is 17.3 Å². The van der Waals surface area contributed by atoms with E-state index in [1.54, 1.807) is 67.8 Å². The molecule has 3 N–H and O–H groups in total. The maximum Gasteiger partial charge on any atom is 0.259 e. The van der Waals surface area contributed by atoms with Crippen molar-refractivity contribution in [3.63, 3.8) is 0 Å². The van der Waals surface area contributed by atoms with Gasteiger partial charge < -0.3 is 20.1 Å². The number of hydrogen-bond donors (Lipinski definition) is 3. The second-order valence-electron chi connectivity index (χ2n) is 6.73. The summed E-state index contributed by atoms with van der Waals surface area (Å²) < 4.78 is 5.11. The molecule has 10 nitrogen and oxygen atoms in total. The lowest BCUT2D eigenvalue weighted by molar-refractivity contribution is 0.102. The van der Waals surface area contributed by atoms with Gasteiger partial charge in [0.05, 0.1) is 12.7 Å². The van der Waals surface area contributed by atoms with E-state index in [1.165, 1.54) is 0 Å². The molecule has 0 atom stereocenters. The highest BCUT2D eigenvalue weighted by atomic mass is 16.5. The lowest BCUT2D eigenvalue weighted by Gasteiger charge is -2.11. The molecule has 0 unspecified atom stereocenters. The fourth-order valence-electron chi connectivity index (χ4n) is 3.13. The van der Waals surface area contributed by atoms with Crippen molar-refractivity contribution in [2.45, 2.75) is 0 Å². The average molecular weight is 437 g/mol. The van der Waals surface area contributed by atoms with Crippen LogP contribution in [0.2, 0.25) is 0 Å². The van der Waals surface area contributed by atoms with Crippen molar-refractivity contribution in [2.75, 3.05) is 12.4 Å². The predicted octanol–water partition coefficient (Wildman–Crippen LogP) is 4.69. The monoisotopic (exact) mass is 437 g/mol. The first-order valence-electron chi connectivity index (χ1n) is 9.56. The van der Waals surface area contributed by atoms with Gasteiger partial charge in [-0.1, -0.05) is 24.3 Å². The van der Waals surface area contributed by atoms with E-state index in [0.29, 0.717) is 22.2 Å². The van der Waals surface area contributed by atoms with Gasteiger partial charge in [-0.15, -0.1) is 10.2 Å². The van der Waals surface area contributed by atoms with Gasteiger partial charge in [0, 0.05) is 11.1 Å². The Kier molecular flexibility index (Phi) is 5.66. The Hall–Kier alpha value is -5.22. The third-order valence-electron chi connectivity index (χ3n) is 4.74. The van der Waals surface area contributed by atoms with Gasteiger partial charge in [-0.3, -0.25) is 4.79 Å². The minimum atomic E-state index is -0.545. The van der Waals surface area contributed by atoms with Crippen molar-refractivity contribution in [1.29, 1.82) is 10.5 Å². The summed E-state index contributed by atoms with van der Waals surface area (Å²) in [5, 5.41) is 40.9. The van der Waals surface area contributed by atoms with E-state index < -0.39 is 5.91 Å². The Morgan fingerprint density at radius 2 is 1.88 bits per heavy atom. The third kappa shape index (κ3) is 4.17. The molecular formula is C23H15N7O3. The molecule has 33 heavy (non-hydrogen) atoms. The smallest absolute Gasteiger partial charge is 0.259 e. The number of aromatic amines is 1. The van der Waals surface area contributed by atoms with Gasteiger partial charge in [0.25, 0.3) is 5.91 Å². The highest BCUT2D eigenvalue weighted by molar-refractivity contribution is 6.11. The minimum absolute atomic E-state index is 0.00617. The van der Waals surface area contributed by atoms with Crippen molar-refractivity contribution >= 4 is 34.0 Å². The number of H-pyrrole nitrogens is 1. The number of ether oxygens (including phenoxy) is 1. The van der Waals surface area contributed by atoms with E-state index in [0.717, 1.165) is 0 Å². The zero-order chi connectivity index (χ0) is 23.4. The number of rotatable bonds is 5. The van der Waals surface area contributed by atoms with Gasteiger partial charge in [-0.05, 0) is 35.7 Å². The van der Waals surface area contributed by atoms with Crippen LogP contribution < -0.4 is 10.1 Å². The number of benzene rings is 3. The fourth-order valence-corrected chi connectivity index (χ4v) is 3.13. The Labute approximate surface area is 187 Å². The van der Waals surface area contributed by atoms with Crippen molar-refractivity contribution in [3.8, 4) is 23.6 Å². The Balaban J connectivity index is 1.74. The van der Waals surface area contributed by atoms with Crippen molar-refractivity contribution in [3.05, 3.63) is 71.5 Å². The summed E-state index contributed by atoms with van der Waals surface area (Å²) in [6.45, 7) is 0. The largest absolute Gasteiger partial charge is 0.505 e. The van der Waals surface area contributed by atoms with Crippen molar-refractivity contribution in [1.82, 2.24) is 9.97 Å². The van der Waals surface area contributed by atoms with Gasteiger partial charge in [0.1, 0.15) is 23.6 Å². The number of hydrogen-bond acceptors (Lipinski definition) is 8. The van der Waals surface area contributed by atoms with E-state index in [-0.39, 0.29) is 34.3 Å². The zero-order valence-electron chi connectivity index (χ0n) is 17.2. The minimum Gasteiger partial charge on any atom is -0.505 e. The molecule has 0 aliphatic carbocycles. The molecule has 160 valence electrons. The van der Waals surface area contributed by atoms with Crippen LogP contribution in [-0.4, -0.2) is 28.1 Å². The number of carbonyl (C=O) groups excluding carboxylic acids is 1. The van der Waals surface area contributed by atoms with Crippen LogP contribution >= 0.6 is 0 Å². The number of amides is 1. The molecule has 1 aromatic heterocycles. The second kappa shape index (κ2) is 8.88. The first-order chi connectivity index (χ1) is 16.0. The molecule has 0 aliphatic heterocycles. The van der Waals surface area contributed by atoms with E-state index in [4.69, 9.17) is 15.3 Å². The summed E-state index contributed by atoms with van der Waals surface area (Å²) >= 11 is 0. The van der Waals surface area contributed by atoms with Crippen LogP contribution in [0.3, 0.4) is 0 Å². The number of nitrogens with one attached hydrogen (secondary N) is 2. The lowest BCUT2D eigenvalue weighted by atomic mass is 10.0. The van der Waals surface area contributed by atoms with Crippen LogP contribution in [0, 0.1) is 22.7 Å². The number of phenols is 1. The maximum atomic E-state index is 12.9. The number of azo groups is 1. The number of methoxy groups -OCH3 is 1. The first kappa shape index (κ1) is 21.0. The zero-order valence-corrected chi connectivity index (χ0v) is 17.2. The number of aromatic hydroxyl groups is 1. The molecule has 0 aliphatic rings. The molecule has 0 fully saturated rings. The van der Waals surface area contributed by atoms with E-state index in [1.807, 2.05) is 6.07 Å². The summed E-state index contributed by atoms with van der Waals surface area (Å²) in [6.07, 6.45) is 0. The second-order valence-corrected chi connectivity index (χ2v) is 6.73.